The lowest BCUT2D eigenvalue weighted by atomic mass is 9.89. The SMILES string of the molecule is c1cncc(-c2cc(-c3cccnc3)cc(-c3ccc(-c4cccnc4)c(C4=Nc5ccccc5C4)c3)c2)c1. The lowest BCUT2D eigenvalue weighted by molar-refractivity contribution is 1.32. The van der Waals surface area contributed by atoms with E-state index in [0.29, 0.717) is 0 Å². The first-order valence-electron chi connectivity index (χ1n) is 13.0. The third-order valence-electron chi connectivity index (χ3n) is 7.16. The van der Waals surface area contributed by atoms with Gasteiger partial charge in [0.2, 0.25) is 0 Å². The quantitative estimate of drug-likeness (QED) is 0.240. The van der Waals surface area contributed by atoms with Crippen LogP contribution in [0.5, 0.6) is 0 Å². The highest BCUT2D eigenvalue weighted by Crippen LogP contribution is 2.37. The number of nitrogens with zero attached hydrogens (tertiary/aromatic N) is 4. The van der Waals surface area contributed by atoms with Gasteiger partial charge in [-0.25, -0.2) is 0 Å². The summed E-state index contributed by atoms with van der Waals surface area (Å²) in [7, 11) is 0. The van der Waals surface area contributed by atoms with Gasteiger partial charge in [0.1, 0.15) is 0 Å². The maximum absolute atomic E-state index is 5.05. The zero-order valence-electron chi connectivity index (χ0n) is 21.2. The Balaban J connectivity index is 1.41. The summed E-state index contributed by atoms with van der Waals surface area (Å²) < 4.78 is 0. The third-order valence-corrected chi connectivity index (χ3v) is 7.16. The smallest absolute Gasteiger partial charge is 0.0669 e. The van der Waals surface area contributed by atoms with Gasteiger partial charge >= 0.3 is 0 Å². The van der Waals surface area contributed by atoms with Crippen molar-refractivity contribution in [2.24, 2.45) is 4.99 Å². The van der Waals surface area contributed by atoms with Gasteiger partial charge in [-0.2, -0.15) is 0 Å². The van der Waals surface area contributed by atoms with Crippen LogP contribution in [0, 0.1) is 0 Å². The van der Waals surface area contributed by atoms with Gasteiger partial charge < -0.3 is 0 Å². The van der Waals surface area contributed by atoms with E-state index in [1.165, 1.54) is 5.56 Å². The Kier molecular flexibility index (Phi) is 5.83. The van der Waals surface area contributed by atoms with Gasteiger partial charge in [0, 0.05) is 65.9 Å². The van der Waals surface area contributed by atoms with Crippen molar-refractivity contribution in [3.05, 3.63) is 145 Å². The molecule has 0 saturated carbocycles. The molecule has 0 amide bonds. The van der Waals surface area contributed by atoms with Crippen LogP contribution in [0.4, 0.5) is 5.69 Å². The molecule has 0 N–H and O–H groups in total. The molecule has 0 unspecified atom stereocenters. The van der Waals surface area contributed by atoms with Gasteiger partial charge in [0.25, 0.3) is 0 Å². The fourth-order valence-electron chi connectivity index (χ4n) is 5.22. The highest BCUT2D eigenvalue weighted by molar-refractivity contribution is 6.11. The molecule has 1 aliphatic rings. The molecule has 0 saturated heterocycles. The number of rotatable bonds is 5. The molecule has 4 nitrogen and oxygen atoms in total. The van der Waals surface area contributed by atoms with Crippen molar-refractivity contribution < 1.29 is 0 Å². The van der Waals surface area contributed by atoms with Crippen LogP contribution < -0.4 is 0 Å². The molecule has 39 heavy (non-hydrogen) atoms. The lowest BCUT2D eigenvalue weighted by Gasteiger charge is -2.15. The van der Waals surface area contributed by atoms with Crippen molar-refractivity contribution in [3.63, 3.8) is 0 Å². The zero-order valence-corrected chi connectivity index (χ0v) is 21.2. The minimum absolute atomic E-state index is 0.809. The standard InChI is InChI=1S/C35H24N4/c1-2-10-34-25(6-1)20-35(39-34)33-19-24(11-12-32(33)28-9-5-15-38-23-28)29-16-30(26-7-3-13-36-21-26)18-31(17-29)27-8-4-14-37-22-27/h1-19,21-23H,20H2. The molecule has 0 radical (unpaired) electrons. The molecule has 6 aromatic rings. The Morgan fingerprint density at radius 3 is 1.62 bits per heavy atom. The zero-order chi connectivity index (χ0) is 26.0. The van der Waals surface area contributed by atoms with Crippen LogP contribution in [0.15, 0.2) is 139 Å². The molecular weight excluding hydrogens is 476 g/mol. The van der Waals surface area contributed by atoms with Gasteiger partial charge in [0.15, 0.2) is 0 Å². The first kappa shape index (κ1) is 22.9. The summed E-state index contributed by atoms with van der Waals surface area (Å²) in [6, 6.07) is 34.0. The minimum atomic E-state index is 0.809. The summed E-state index contributed by atoms with van der Waals surface area (Å²) in [4.78, 5) is 18.2. The summed E-state index contributed by atoms with van der Waals surface area (Å²) in [5.41, 5.74) is 13.4. The van der Waals surface area contributed by atoms with Crippen molar-refractivity contribution in [2.75, 3.05) is 0 Å². The van der Waals surface area contributed by atoms with Gasteiger partial charge in [-0.1, -0.05) is 48.5 Å². The van der Waals surface area contributed by atoms with E-state index in [0.717, 1.165) is 67.9 Å². The van der Waals surface area contributed by atoms with E-state index in [-0.39, 0.29) is 0 Å². The molecule has 3 aromatic heterocycles. The maximum atomic E-state index is 5.05. The van der Waals surface area contributed by atoms with Crippen LogP contribution in [0.1, 0.15) is 11.1 Å². The van der Waals surface area contributed by atoms with Crippen molar-refractivity contribution in [2.45, 2.75) is 6.42 Å². The molecule has 4 heterocycles. The number of fused-ring (bicyclic) bond motifs is 1. The van der Waals surface area contributed by atoms with Crippen molar-refractivity contribution in [1.82, 2.24) is 15.0 Å². The van der Waals surface area contributed by atoms with Crippen molar-refractivity contribution in [3.8, 4) is 44.5 Å². The Morgan fingerprint density at radius 1 is 0.436 bits per heavy atom. The van der Waals surface area contributed by atoms with Gasteiger partial charge in [-0.15, -0.1) is 0 Å². The summed E-state index contributed by atoms with van der Waals surface area (Å²) in [5.74, 6) is 0. The topological polar surface area (TPSA) is 51.0 Å². The Bertz CT molecular complexity index is 1750. The average Bonchev–Trinajstić information content (AvgIpc) is 3.46. The Morgan fingerprint density at radius 2 is 1.03 bits per heavy atom. The number of aliphatic imine (C=N–C) groups is 1. The first-order chi connectivity index (χ1) is 19.3. The molecule has 0 aliphatic carbocycles. The Hall–Kier alpha value is -5.22. The summed E-state index contributed by atoms with van der Waals surface area (Å²) in [6.07, 6.45) is 12.0. The second-order valence-corrected chi connectivity index (χ2v) is 9.65. The third kappa shape index (κ3) is 4.53. The highest BCUT2D eigenvalue weighted by atomic mass is 14.8. The molecule has 184 valence electrons. The highest BCUT2D eigenvalue weighted by Gasteiger charge is 2.20. The van der Waals surface area contributed by atoms with E-state index in [2.05, 4.69) is 87.7 Å². The van der Waals surface area contributed by atoms with Crippen molar-refractivity contribution >= 4 is 11.4 Å². The van der Waals surface area contributed by atoms with E-state index in [9.17, 15) is 0 Å². The monoisotopic (exact) mass is 500 g/mol. The molecule has 0 spiro atoms. The minimum Gasteiger partial charge on any atom is -0.264 e. The number of pyridine rings is 3. The largest absolute Gasteiger partial charge is 0.264 e. The number of para-hydroxylation sites is 1. The summed E-state index contributed by atoms with van der Waals surface area (Å²) >= 11 is 0. The van der Waals surface area contributed by atoms with E-state index >= 15 is 0 Å². The molecule has 3 aromatic carbocycles. The summed E-state index contributed by atoms with van der Waals surface area (Å²) in [5, 5.41) is 0. The number of hydrogen-bond acceptors (Lipinski definition) is 4. The second-order valence-electron chi connectivity index (χ2n) is 9.65. The van der Waals surface area contributed by atoms with Gasteiger partial charge in [-0.05, 0) is 81.9 Å². The second kappa shape index (κ2) is 9.92. The number of aromatic nitrogens is 3. The molecule has 0 fully saturated rings. The molecule has 0 atom stereocenters. The van der Waals surface area contributed by atoms with E-state index in [4.69, 9.17) is 4.99 Å². The van der Waals surface area contributed by atoms with Crippen LogP contribution in [0.2, 0.25) is 0 Å². The predicted octanol–water partition coefficient (Wildman–Crippen LogP) is 8.22. The molecule has 4 heteroatoms. The fourth-order valence-corrected chi connectivity index (χ4v) is 5.22. The molecule has 7 rings (SSSR count). The van der Waals surface area contributed by atoms with E-state index < -0.39 is 0 Å². The van der Waals surface area contributed by atoms with Gasteiger partial charge in [0.05, 0.1) is 11.4 Å². The predicted molar refractivity (Wildman–Crippen MR) is 158 cm³/mol. The van der Waals surface area contributed by atoms with E-state index in [1.54, 1.807) is 12.4 Å². The lowest BCUT2D eigenvalue weighted by Crippen LogP contribution is -2.04. The van der Waals surface area contributed by atoms with Crippen LogP contribution in [0.3, 0.4) is 0 Å². The maximum Gasteiger partial charge on any atom is 0.0669 e. The van der Waals surface area contributed by atoms with Crippen LogP contribution in [0.25, 0.3) is 44.5 Å². The Labute approximate surface area is 227 Å². The molecular formula is C35H24N4. The molecule has 1 aliphatic heterocycles. The summed E-state index contributed by atoms with van der Waals surface area (Å²) in [6.45, 7) is 0. The van der Waals surface area contributed by atoms with Crippen LogP contribution >= 0.6 is 0 Å². The normalized spacial score (nSPS) is 12.2. The van der Waals surface area contributed by atoms with Gasteiger partial charge in [-0.3, -0.25) is 19.9 Å². The first-order valence-corrected chi connectivity index (χ1v) is 13.0. The van der Waals surface area contributed by atoms with Crippen LogP contribution in [-0.4, -0.2) is 20.7 Å². The van der Waals surface area contributed by atoms with Crippen LogP contribution in [-0.2, 0) is 6.42 Å². The molecule has 0 bridgehead atoms. The average molecular weight is 501 g/mol. The van der Waals surface area contributed by atoms with Crippen molar-refractivity contribution in [1.29, 1.82) is 0 Å². The van der Waals surface area contributed by atoms with E-state index in [1.807, 2.05) is 49.1 Å². The number of benzene rings is 3. The number of hydrogen-bond donors (Lipinski definition) is 0. The fraction of sp³-hybridized carbons (Fsp3) is 0.0286.